The van der Waals surface area contributed by atoms with Crippen LogP contribution in [0.3, 0.4) is 0 Å². The van der Waals surface area contributed by atoms with Gasteiger partial charge in [0, 0.05) is 56.3 Å². The molecule has 35 heavy (non-hydrogen) atoms. The fourth-order valence-electron chi connectivity index (χ4n) is 4.86. The second kappa shape index (κ2) is 10.5. The lowest BCUT2D eigenvalue weighted by atomic mass is 9.77. The van der Waals surface area contributed by atoms with Crippen LogP contribution in [0.2, 0.25) is 0 Å². The molecule has 0 saturated carbocycles. The van der Waals surface area contributed by atoms with E-state index in [-0.39, 0.29) is 24.3 Å². The summed E-state index contributed by atoms with van der Waals surface area (Å²) in [7, 11) is 0. The highest BCUT2D eigenvalue weighted by Gasteiger charge is 2.40. The van der Waals surface area contributed by atoms with Crippen molar-refractivity contribution in [2.24, 2.45) is 11.8 Å². The number of aromatic nitrogens is 2. The van der Waals surface area contributed by atoms with Crippen LogP contribution < -0.4 is 10.6 Å². The molecule has 2 aliphatic heterocycles. The number of nitrogens with one attached hydrogen (secondary N) is 2. The van der Waals surface area contributed by atoms with Crippen molar-refractivity contribution in [3.8, 4) is 0 Å². The lowest BCUT2D eigenvalue weighted by Gasteiger charge is -2.43. The van der Waals surface area contributed by atoms with Crippen LogP contribution in [0.5, 0.6) is 0 Å². The van der Waals surface area contributed by atoms with E-state index in [0.717, 1.165) is 18.2 Å². The Balaban J connectivity index is 1.49. The Morgan fingerprint density at radius 3 is 2.66 bits per heavy atom. The Morgan fingerprint density at radius 2 is 1.91 bits per heavy atom. The monoisotopic (exact) mass is 493 g/mol. The maximum Gasteiger partial charge on any atom is 0.471 e. The molecule has 4 rings (SSSR count). The molecule has 188 valence electrons. The van der Waals surface area contributed by atoms with Gasteiger partial charge in [0.05, 0.1) is 17.6 Å². The lowest BCUT2D eigenvalue weighted by molar-refractivity contribution is -0.173. The number of pyridine rings is 2. The molecular weight excluding hydrogens is 467 g/mol. The van der Waals surface area contributed by atoms with Crippen LogP contribution in [0.15, 0.2) is 30.7 Å². The van der Waals surface area contributed by atoms with Gasteiger partial charge in [0.2, 0.25) is 5.91 Å². The van der Waals surface area contributed by atoms with Crippen LogP contribution in [0.4, 0.5) is 13.2 Å². The van der Waals surface area contributed by atoms with E-state index in [1.54, 1.807) is 28.7 Å². The number of hydrogen-bond donors (Lipinski definition) is 2. The van der Waals surface area contributed by atoms with Gasteiger partial charge in [-0.2, -0.15) is 13.2 Å². The molecule has 2 fully saturated rings. The number of likely N-dealkylation sites (tertiary alicyclic amines) is 1. The van der Waals surface area contributed by atoms with Gasteiger partial charge in [-0.1, -0.05) is 0 Å². The van der Waals surface area contributed by atoms with Gasteiger partial charge in [0.1, 0.15) is 0 Å². The first-order chi connectivity index (χ1) is 16.7. The first-order valence-electron chi connectivity index (χ1n) is 11.4. The molecule has 0 bridgehead atoms. The van der Waals surface area contributed by atoms with Crippen molar-refractivity contribution in [2.75, 3.05) is 32.8 Å². The number of fused-ring (bicyclic) bond motifs is 1. The maximum atomic E-state index is 13.4. The van der Waals surface area contributed by atoms with Crippen LogP contribution in [0.1, 0.15) is 29.6 Å². The van der Waals surface area contributed by atoms with E-state index >= 15 is 0 Å². The molecule has 9 nitrogen and oxygen atoms in total. The second-order valence-electron chi connectivity index (χ2n) is 8.77. The summed E-state index contributed by atoms with van der Waals surface area (Å²) >= 11 is 0. The third kappa shape index (κ3) is 5.87. The standard InChI is InChI=1S/C23H26F3N5O4/c24-23(25,26)22(34)29-12-19(32)30-18-13-31(7-3-16(18)14-4-8-35-9-5-14)21(33)17-11-27-10-15-2-1-6-28-20(15)17/h1-2,6,10-11,14,16,18H,3-5,7-9,12-13H2,(H,29,34)(H,30,32)/t16-,18+/m0/s1. The fraction of sp³-hybridized carbons (Fsp3) is 0.522. The SMILES string of the molecule is O=C(CNC(=O)C(F)(F)F)N[C@@H]1CN(C(=O)c2cncc3cccnc23)CC[C@H]1C1CCOCC1. The molecule has 2 saturated heterocycles. The Hall–Kier alpha value is -3.28. The van der Waals surface area contributed by atoms with E-state index in [4.69, 9.17) is 4.74 Å². The zero-order chi connectivity index (χ0) is 25.0. The number of rotatable bonds is 5. The number of halogens is 3. The van der Waals surface area contributed by atoms with Gasteiger partial charge >= 0.3 is 12.1 Å². The molecule has 0 unspecified atom stereocenters. The molecule has 2 N–H and O–H groups in total. The molecule has 4 heterocycles. The summed E-state index contributed by atoms with van der Waals surface area (Å²) in [6.45, 7) is 1.03. The Morgan fingerprint density at radius 1 is 1.14 bits per heavy atom. The van der Waals surface area contributed by atoms with Crippen molar-refractivity contribution in [3.63, 3.8) is 0 Å². The minimum absolute atomic E-state index is 0.0222. The van der Waals surface area contributed by atoms with E-state index in [2.05, 4.69) is 15.3 Å². The number of piperidine rings is 1. The van der Waals surface area contributed by atoms with E-state index in [9.17, 15) is 27.6 Å². The molecule has 2 atom stereocenters. The molecule has 2 aromatic heterocycles. The van der Waals surface area contributed by atoms with Crippen LogP contribution in [-0.4, -0.2) is 77.7 Å². The molecule has 0 aliphatic carbocycles. The summed E-state index contributed by atoms with van der Waals surface area (Å²) < 4.78 is 42.8. The van der Waals surface area contributed by atoms with Crippen LogP contribution >= 0.6 is 0 Å². The summed E-state index contributed by atoms with van der Waals surface area (Å²) in [5.74, 6) is -2.93. The van der Waals surface area contributed by atoms with Gasteiger partial charge in [0.15, 0.2) is 0 Å². The normalized spacial score (nSPS) is 21.5. The summed E-state index contributed by atoms with van der Waals surface area (Å²) in [5, 5.41) is 5.08. The number of ether oxygens (including phenoxy) is 1. The average molecular weight is 493 g/mol. The predicted octanol–water partition coefficient (Wildman–Crippen LogP) is 1.68. The predicted molar refractivity (Wildman–Crippen MR) is 118 cm³/mol. The molecule has 2 aliphatic rings. The zero-order valence-electron chi connectivity index (χ0n) is 18.9. The van der Waals surface area contributed by atoms with Gasteiger partial charge in [-0.15, -0.1) is 0 Å². The number of amides is 3. The van der Waals surface area contributed by atoms with E-state index < -0.39 is 30.6 Å². The smallest absolute Gasteiger partial charge is 0.381 e. The molecule has 0 radical (unpaired) electrons. The fourth-order valence-corrected chi connectivity index (χ4v) is 4.86. The largest absolute Gasteiger partial charge is 0.471 e. The van der Waals surface area contributed by atoms with Gasteiger partial charge in [-0.05, 0) is 43.2 Å². The molecule has 0 spiro atoms. The summed E-state index contributed by atoms with van der Waals surface area (Å²) in [5.41, 5.74) is 0.865. The first kappa shape index (κ1) is 24.8. The highest BCUT2D eigenvalue weighted by molar-refractivity contribution is 6.05. The van der Waals surface area contributed by atoms with Crippen molar-refractivity contribution >= 4 is 28.6 Å². The van der Waals surface area contributed by atoms with Crippen LogP contribution in [0, 0.1) is 11.8 Å². The minimum Gasteiger partial charge on any atom is -0.381 e. The quantitative estimate of drug-likeness (QED) is 0.656. The third-order valence-corrected chi connectivity index (χ3v) is 6.58. The number of carbonyl (C=O) groups is 3. The van der Waals surface area contributed by atoms with Crippen LogP contribution in [-0.2, 0) is 14.3 Å². The third-order valence-electron chi connectivity index (χ3n) is 6.58. The minimum atomic E-state index is -5.07. The average Bonchev–Trinajstić information content (AvgIpc) is 2.86. The van der Waals surface area contributed by atoms with E-state index in [0.29, 0.717) is 37.3 Å². The number of alkyl halides is 3. The van der Waals surface area contributed by atoms with Crippen molar-refractivity contribution < 1.29 is 32.3 Å². The highest BCUT2D eigenvalue weighted by atomic mass is 19.4. The number of nitrogens with zero attached hydrogens (tertiary/aromatic N) is 3. The lowest BCUT2D eigenvalue weighted by Crippen LogP contribution is -2.57. The Kier molecular flexibility index (Phi) is 7.48. The Bertz CT molecular complexity index is 1090. The van der Waals surface area contributed by atoms with Crippen LogP contribution in [0.25, 0.3) is 10.9 Å². The summed E-state index contributed by atoms with van der Waals surface area (Å²) in [6.07, 6.45) is 1.81. The highest BCUT2D eigenvalue weighted by Crippen LogP contribution is 2.33. The molecule has 12 heteroatoms. The van der Waals surface area contributed by atoms with Gasteiger partial charge < -0.3 is 20.3 Å². The topological polar surface area (TPSA) is 114 Å². The van der Waals surface area contributed by atoms with Crippen molar-refractivity contribution in [2.45, 2.75) is 31.5 Å². The van der Waals surface area contributed by atoms with Crippen molar-refractivity contribution in [1.82, 2.24) is 25.5 Å². The summed E-state index contributed by atoms with van der Waals surface area (Å²) in [4.78, 5) is 47.0. The first-order valence-corrected chi connectivity index (χ1v) is 11.4. The molecular formula is C23H26F3N5O4. The van der Waals surface area contributed by atoms with Gasteiger partial charge in [-0.25, -0.2) is 0 Å². The molecule has 0 aromatic carbocycles. The van der Waals surface area contributed by atoms with E-state index in [1.165, 1.54) is 6.20 Å². The maximum absolute atomic E-state index is 13.4. The number of hydrogen-bond acceptors (Lipinski definition) is 6. The summed E-state index contributed by atoms with van der Waals surface area (Å²) in [6, 6.07) is 3.07. The number of carbonyl (C=O) groups excluding carboxylic acids is 3. The van der Waals surface area contributed by atoms with Crippen molar-refractivity contribution in [1.29, 1.82) is 0 Å². The zero-order valence-corrected chi connectivity index (χ0v) is 18.9. The van der Waals surface area contributed by atoms with Gasteiger partial charge in [0.25, 0.3) is 5.91 Å². The van der Waals surface area contributed by atoms with E-state index in [1.807, 2.05) is 6.07 Å². The molecule has 2 aromatic rings. The molecule has 3 amide bonds. The Labute approximate surface area is 199 Å². The second-order valence-corrected chi connectivity index (χ2v) is 8.77. The van der Waals surface area contributed by atoms with Crippen molar-refractivity contribution in [3.05, 3.63) is 36.3 Å². The van der Waals surface area contributed by atoms with Gasteiger partial charge in [-0.3, -0.25) is 24.4 Å².